The van der Waals surface area contributed by atoms with Crippen LogP contribution in [0, 0.1) is 5.92 Å². The van der Waals surface area contributed by atoms with E-state index in [2.05, 4.69) is 26.5 Å². The molecular weight excluding hydrogens is 271 g/mol. The van der Waals surface area contributed by atoms with Crippen molar-refractivity contribution >= 4 is 35.8 Å². The lowest BCUT2D eigenvalue weighted by molar-refractivity contribution is 0.419. The minimum absolute atomic E-state index is 0.386. The largest absolute Gasteiger partial charge is 0.179 e. The van der Waals surface area contributed by atoms with Gasteiger partial charge in [0.05, 0.1) is 0 Å². The summed E-state index contributed by atoms with van der Waals surface area (Å²) in [7, 11) is 0. The lowest BCUT2D eigenvalue weighted by atomic mass is 9.96. The Bertz CT molecular complexity index is 172. The maximum atomic E-state index is 6.36. The molecule has 1 atom stereocenters. The number of thiol groups is 1. The van der Waals surface area contributed by atoms with E-state index >= 15 is 0 Å². The molecule has 0 spiro atoms. The Morgan fingerprint density at radius 1 is 1.00 bits per heavy atom. The van der Waals surface area contributed by atoms with Crippen molar-refractivity contribution in [2.45, 2.75) is 76.0 Å². The third kappa shape index (κ3) is 9.50. The van der Waals surface area contributed by atoms with Crippen LogP contribution in [-0.4, -0.2) is 10.1 Å². The summed E-state index contributed by atoms with van der Waals surface area (Å²) in [4.78, 5) is 0. The van der Waals surface area contributed by atoms with E-state index in [1.54, 1.807) is 0 Å². The molecule has 0 aliphatic heterocycles. The summed E-state index contributed by atoms with van der Waals surface area (Å²) in [5.41, 5.74) is 0. The topological polar surface area (TPSA) is 0 Å². The Hall–Kier alpha value is 0.930. The highest BCUT2D eigenvalue weighted by Crippen LogP contribution is 2.38. The normalized spacial score (nSPS) is 13.9. The fourth-order valence-corrected chi connectivity index (χ4v) is 2.65. The second kappa shape index (κ2) is 10.8. The molecule has 0 aromatic heterocycles. The second-order valence-electron chi connectivity index (χ2n) is 5.05. The molecule has 0 heterocycles. The van der Waals surface area contributed by atoms with Crippen LogP contribution in [0.4, 0.5) is 0 Å². The number of hydrogen-bond donors (Lipinski definition) is 1. The molecule has 0 aromatic rings. The molecule has 0 aromatic carbocycles. The van der Waals surface area contributed by atoms with Crippen LogP contribution in [0.25, 0.3) is 0 Å². The Morgan fingerprint density at radius 2 is 1.59 bits per heavy atom. The summed E-state index contributed by atoms with van der Waals surface area (Å²) in [6.45, 7) is 4.42. The summed E-state index contributed by atoms with van der Waals surface area (Å²) in [5.74, 6) is 1.25. The highest BCUT2D eigenvalue weighted by molar-refractivity contribution is 7.80. The van der Waals surface area contributed by atoms with Gasteiger partial charge >= 0.3 is 0 Å². The van der Waals surface area contributed by atoms with Crippen LogP contribution < -0.4 is 0 Å². The van der Waals surface area contributed by atoms with Crippen LogP contribution >= 0.6 is 35.8 Å². The first-order chi connectivity index (χ1) is 8.04. The van der Waals surface area contributed by atoms with Gasteiger partial charge in [-0.1, -0.05) is 52.4 Å². The fourth-order valence-electron chi connectivity index (χ4n) is 2.00. The molecule has 0 fully saturated rings. The standard InChI is InChI=1S/C14H28Cl2S/c1-3-4-5-6-7-8-10-13(2)14(15,16)11-9-12-17/h13,17H,3-12H2,1-2H3. The molecule has 104 valence electrons. The zero-order valence-corrected chi connectivity index (χ0v) is 13.8. The number of unbranched alkanes of at least 4 members (excludes halogenated alkanes) is 5. The molecule has 17 heavy (non-hydrogen) atoms. The number of alkyl halides is 2. The molecule has 0 rings (SSSR count). The first-order valence-electron chi connectivity index (χ1n) is 7.03. The molecule has 0 bridgehead atoms. The van der Waals surface area contributed by atoms with E-state index in [4.69, 9.17) is 23.2 Å². The van der Waals surface area contributed by atoms with Gasteiger partial charge in [-0.05, 0) is 30.9 Å². The van der Waals surface area contributed by atoms with Gasteiger partial charge in [0.2, 0.25) is 0 Å². The molecule has 0 saturated carbocycles. The minimum atomic E-state index is -0.549. The van der Waals surface area contributed by atoms with E-state index in [0.717, 1.165) is 25.0 Å². The van der Waals surface area contributed by atoms with Gasteiger partial charge in [-0.2, -0.15) is 12.6 Å². The monoisotopic (exact) mass is 298 g/mol. The van der Waals surface area contributed by atoms with Crippen LogP contribution in [0.2, 0.25) is 0 Å². The highest BCUT2D eigenvalue weighted by atomic mass is 35.5. The zero-order chi connectivity index (χ0) is 13.1. The predicted octanol–water partition coefficient (Wildman–Crippen LogP) is 6.26. The Morgan fingerprint density at radius 3 is 2.18 bits per heavy atom. The number of hydrogen-bond acceptors (Lipinski definition) is 1. The van der Waals surface area contributed by atoms with E-state index in [9.17, 15) is 0 Å². The Balaban J connectivity index is 3.58. The first-order valence-corrected chi connectivity index (χ1v) is 8.42. The zero-order valence-electron chi connectivity index (χ0n) is 11.4. The van der Waals surface area contributed by atoms with Crippen molar-refractivity contribution in [3.05, 3.63) is 0 Å². The first kappa shape index (κ1) is 17.9. The maximum absolute atomic E-state index is 6.36. The lowest BCUT2D eigenvalue weighted by Crippen LogP contribution is -2.23. The summed E-state index contributed by atoms with van der Waals surface area (Å²) in [5, 5.41) is 0. The van der Waals surface area contributed by atoms with Gasteiger partial charge in [0.25, 0.3) is 0 Å². The molecule has 1 unspecified atom stereocenters. The van der Waals surface area contributed by atoms with Crippen LogP contribution in [0.1, 0.15) is 71.6 Å². The van der Waals surface area contributed by atoms with Crippen LogP contribution in [0.15, 0.2) is 0 Å². The van der Waals surface area contributed by atoms with Gasteiger partial charge < -0.3 is 0 Å². The van der Waals surface area contributed by atoms with E-state index in [1.807, 2.05) is 0 Å². The molecule has 0 saturated heterocycles. The van der Waals surface area contributed by atoms with Crippen molar-refractivity contribution in [2.75, 3.05) is 5.75 Å². The van der Waals surface area contributed by atoms with E-state index in [-0.39, 0.29) is 0 Å². The van der Waals surface area contributed by atoms with Gasteiger partial charge in [0.15, 0.2) is 0 Å². The summed E-state index contributed by atoms with van der Waals surface area (Å²) < 4.78 is -0.549. The van der Waals surface area contributed by atoms with E-state index < -0.39 is 4.33 Å². The van der Waals surface area contributed by atoms with Crippen molar-refractivity contribution in [1.82, 2.24) is 0 Å². The van der Waals surface area contributed by atoms with Crippen LogP contribution in [-0.2, 0) is 0 Å². The number of halogens is 2. The molecule has 3 heteroatoms. The van der Waals surface area contributed by atoms with Crippen molar-refractivity contribution < 1.29 is 0 Å². The molecule has 0 aliphatic rings. The Labute approximate surface area is 123 Å². The van der Waals surface area contributed by atoms with Crippen LogP contribution in [0.5, 0.6) is 0 Å². The van der Waals surface area contributed by atoms with Gasteiger partial charge in [-0.3, -0.25) is 0 Å². The van der Waals surface area contributed by atoms with Crippen LogP contribution in [0.3, 0.4) is 0 Å². The van der Waals surface area contributed by atoms with Gasteiger partial charge in [0, 0.05) is 0 Å². The lowest BCUT2D eigenvalue weighted by Gasteiger charge is -2.26. The maximum Gasteiger partial charge on any atom is 0.120 e. The Kier molecular flexibility index (Phi) is 11.4. The SMILES string of the molecule is CCCCCCCCC(C)C(Cl)(Cl)CCCS. The third-order valence-electron chi connectivity index (χ3n) is 3.38. The molecule has 0 N–H and O–H groups in total. The summed E-state index contributed by atoms with van der Waals surface area (Å²) in [6, 6.07) is 0. The molecular formula is C14H28Cl2S. The van der Waals surface area contributed by atoms with Crippen molar-refractivity contribution in [2.24, 2.45) is 5.92 Å². The summed E-state index contributed by atoms with van der Waals surface area (Å²) in [6.07, 6.45) is 11.0. The number of rotatable bonds is 11. The molecule has 0 nitrogen and oxygen atoms in total. The smallest absolute Gasteiger partial charge is 0.120 e. The van der Waals surface area contributed by atoms with Crippen molar-refractivity contribution in [1.29, 1.82) is 0 Å². The summed E-state index contributed by atoms with van der Waals surface area (Å²) >= 11 is 16.9. The van der Waals surface area contributed by atoms with E-state index in [0.29, 0.717) is 5.92 Å². The molecule has 0 amide bonds. The predicted molar refractivity (Wildman–Crippen MR) is 84.7 cm³/mol. The average Bonchev–Trinajstić information content (AvgIpc) is 2.30. The fraction of sp³-hybridized carbons (Fsp3) is 1.00. The second-order valence-corrected chi connectivity index (χ2v) is 7.04. The van der Waals surface area contributed by atoms with Gasteiger partial charge in [-0.25, -0.2) is 0 Å². The molecule has 0 aliphatic carbocycles. The van der Waals surface area contributed by atoms with E-state index in [1.165, 1.54) is 38.5 Å². The minimum Gasteiger partial charge on any atom is -0.179 e. The third-order valence-corrected chi connectivity index (χ3v) is 4.82. The van der Waals surface area contributed by atoms with Gasteiger partial charge in [0.1, 0.15) is 4.33 Å². The van der Waals surface area contributed by atoms with Gasteiger partial charge in [-0.15, -0.1) is 23.2 Å². The highest BCUT2D eigenvalue weighted by Gasteiger charge is 2.30. The molecule has 0 radical (unpaired) electrons. The quantitative estimate of drug-likeness (QED) is 0.260. The van der Waals surface area contributed by atoms with Crippen molar-refractivity contribution in [3.8, 4) is 0 Å². The van der Waals surface area contributed by atoms with Crippen molar-refractivity contribution in [3.63, 3.8) is 0 Å². The average molecular weight is 299 g/mol.